The van der Waals surface area contributed by atoms with E-state index in [2.05, 4.69) is 30.7 Å². The highest BCUT2D eigenvalue weighted by Crippen LogP contribution is 2.18. The van der Waals surface area contributed by atoms with Crippen molar-refractivity contribution in [3.05, 3.63) is 35.9 Å². The van der Waals surface area contributed by atoms with Crippen molar-refractivity contribution in [2.45, 2.75) is 233 Å². The molecule has 0 unspecified atom stereocenters. The zero-order chi connectivity index (χ0) is 51.1. The van der Waals surface area contributed by atoms with Gasteiger partial charge in [-0.2, -0.15) is 0 Å². The molecule has 0 spiro atoms. The lowest BCUT2D eigenvalue weighted by atomic mass is 9.80. The summed E-state index contributed by atoms with van der Waals surface area (Å²) in [5.41, 5.74) is 1.01. The average Bonchev–Trinajstić information content (AvgIpc) is 3.33. The molecule has 0 atom stereocenters. The molecule has 0 saturated heterocycles. The number of nitrogens with zero attached hydrogens (tertiary/aromatic N) is 2. The lowest BCUT2D eigenvalue weighted by molar-refractivity contribution is -0.121. The Morgan fingerprint density at radius 1 is 0.486 bits per heavy atom. The standard InChI is InChI=1S/C53H106B4N6O7/c1-54(66)60-43-33-35-45-62(56(3)68)47-51(48-63(57(4)69)46-36-34-44-61-55(2)67)39-27-23-25-31-41-58-52(64)40-30-22-20-18-16-14-12-10-8-6-5-7-9-11-13-15-17-19-21-24-32-42-59-53(65)70-49-50-37-28-26-29-38-50/h26,28-29,37-38,51,60-61,66-69H,5-25,27,30-36,39-49H2,1-4H3,(H,58,64)(H,59,65). The molecule has 70 heavy (non-hydrogen) atoms. The van der Waals surface area contributed by atoms with Crippen LogP contribution in [0.25, 0.3) is 0 Å². The molecule has 402 valence electrons. The summed E-state index contributed by atoms with van der Waals surface area (Å²) < 4.78 is 5.26. The summed E-state index contributed by atoms with van der Waals surface area (Å²) in [5, 5.41) is 52.5. The van der Waals surface area contributed by atoms with Crippen LogP contribution in [-0.4, -0.2) is 122 Å². The normalized spacial score (nSPS) is 11.5. The molecule has 0 aliphatic heterocycles. The van der Waals surface area contributed by atoms with Crippen LogP contribution in [0, 0.1) is 5.92 Å². The zero-order valence-corrected chi connectivity index (χ0v) is 45.5. The number of ether oxygens (including phenoxy) is 1. The number of alkyl carbamates (subject to hydrolysis) is 1. The Hall–Kier alpha value is -2.10. The summed E-state index contributed by atoms with van der Waals surface area (Å²) in [6, 6.07) is 9.77. The molecule has 0 bridgehead atoms. The maximum absolute atomic E-state index is 12.5. The van der Waals surface area contributed by atoms with Crippen LogP contribution in [0.3, 0.4) is 0 Å². The van der Waals surface area contributed by atoms with Crippen molar-refractivity contribution in [2.24, 2.45) is 5.92 Å². The third-order valence-electron chi connectivity index (χ3n) is 13.6. The van der Waals surface area contributed by atoms with Gasteiger partial charge in [0.25, 0.3) is 0 Å². The monoisotopic (exact) mass is 983 g/mol. The van der Waals surface area contributed by atoms with Crippen LogP contribution in [0.1, 0.15) is 205 Å². The number of rotatable bonds is 51. The number of carbonyl (C=O) groups is 2. The van der Waals surface area contributed by atoms with Crippen LogP contribution in [0.4, 0.5) is 4.79 Å². The summed E-state index contributed by atoms with van der Waals surface area (Å²) in [6.45, 7) is 13.4. The Labute approximate surface area is 430 Å². The number of carbonyl (C=O) groups excluding carboxylic acids is 2. The van der Waals surface area contributed by atoms with Gasteiger partial charge >= 0.3 is 34.3 Å². The SMILES string of the molecule is CB(O)NCCCCN(CC(CCCCCCNC(=O)CCCCCCCCCCCCCCCCCCCCCCCNC(=O)OCc1ccccc1)CN(CCCCNB(C)O)B(C)O)B(C)O. The first-order chi connectivity index (χ1) is 34.0. The van der Waals surface area contributed by atoms with Gasteiger partial charge in [-0.3, -0.25) is 4.79 Å². The van der Waals surface area contributed by atoms with Gasteiger partial charge in [-0.15, -0.1) is 0 Å². The van der Waals surface area contributed by atoms with Crippen molar-refractivity contribution in [1.82, 2.24) is 30.7 Å². The molecule has 1 aromatic carbocycles. The Kier molecular flexibility index (Phi) is 45.1. The fraction of sp³-hybridized carbons (Fsp3) is 0.849. The molecular weight excluding hydrogens is 876 g/mol. The molecule has 0 aliphatic carbocycles. The minimum atomic E-state index is -0.558. The van der Waals surface area contributed by atoms with Gasteiger partial charge in [-0.1, -0.05) is 172 Å². The number of nitrogens with one attached hydrogen (secondary N) is 4. The largest absolute Gasteiger partial charge is 0.445 e. The Bertz CT molecular complexity index is 1280. The Balaban J connectivity index is 2.02. The minimum absolute atomic E-state index is 0.185. The van der Waals surface area contributed by atoms with E-state index in [0.29, 0.717) is 25.5 Å². The second kappa shape index (κ2) is 47.9. The van der Waals surface area contributed by atoms with Crippen LogP contribution in [0.5, 0.6) is 0 Å². The van der Waals surface area contributed by atoms with E-state index in [1.807, 2.05) is 44.0 Å². The van der Waals surface area contributed by atoms with Gasteiger partial charge in [0.15, 0.2) is 0 Å². The topological polar surface area (TPSA) is 179 Å². The summed E-state index contributed by atoms with van der Waals surface area (Å²) in [6.07, 6.45) is 36.3. The molecule has 0 heterocycles. The molecule has 1 rings (SSSR count). The minimum Gasteiger partial charge on any atom is -0.445 e. The molecule has 0 saturated carbocycles. The lowest BCUT2D eigenvalue weighted by Gasteiger charge is -2.33. The third kappa shape index (κ3) is 43.5. The van der Waals surface area contributed by atoms with Gasteiger partial charge in [0, 0.05) is 19.5 Å². The van der Waals surface area contributed by atoms with E-state index < -0.39 is 28.2 Å². The molecule has 8 N–H and O–H groups in total. The molecule has 0 aromatic heterocycles. The average molecular weight is 983 g/mol. The highest BCUT2D eigenvalue weighted by Gasteiger charge is 2.25. The molecule has 0 fully saturated rings. The van der Waals surface area contributed by atoms with Crippen LogP contribution >= 0.6 is 0 Å². The first kappa shape index (κ1) is 65.9. The zero-order valence-electron chi connectivity index (χ0n) is 45.5. The summed E-state index contributed by atoms with van der Waals surface area (Å²) >= 11 is 0. The van der Waals surface area contributed by atoms with E-state index in [-0.39, 0.29) is 12.0 Å². The quantitative estimate of drug-likeness (QED) is 0.0230. The van der Waals surface area contributed by atoms with E-state index in [0.717, 1.165) is 135 Å². The van der Waals surface area contributed by atoms with E-state index in [4.69, 9.17) is 4.74 Å². The number of unbranched alkanes of at least 4 members (excludes halogenated alkanes) is 25. The predicted molar refractivity (Wildman–Crippen MR) is 299 cm³/mol. The van der Waals surface area contributed by atoms with Crippen LogP contribution in [-0.2, 0) is 16.1 Å². The maximum Gasteiger partial charge on any atom is 0.407 e. The maximum atomic E-state index is 12.5. The third-order valence-corrected chi connectivity index (χ3v) is 13.6. The molecular formula is C53H106B4N6O7. The van der Waals surface area contributed by atoms with Crippen LogP contribution in [0.15, 0.2) is 30.3 Å². The van der Waals surface area contributed by atoms with Crippen molar-refractivity contribution < 1.29 is 34.4 Å². The van der Waals surface area contributed by atoms with Crippen molar-refractivity contribution in [1.29, 1.82) is 0 Å². The molecule has 2 amide bonds. The first-order valence-corrected chi connectivity index (χ1v) is 28.9. The van der Waals surface area contributed by atoms with Gasteiger partial charge in [0.2, 0.25) is 5.91 Å². The van der Waals surface area contributed by atoms with E-state index in [9.17, 15) is 29.7 Å². The lowest BCUT2D eigenvalue weighted by Crippen LogP contribution is -2.47. The van der Waals surface area contributed by atoms with Gasteiger partial charge in [0.05, 0.1) is 0 Å². The number of amides is 2. The Morgan fingerprint density at radius 3 is 1.27 bits per heavy atom. The molecule has 13 nitrogen and oxygen atoms in total. The van der Waals surface area contributed by atoms with E-state index >= 15 is 0 Å². The van der Waals surface area contributed by atoms with Crippen molar-refractivity contribution >= 4 is 40.2 Å². The second-order valence-corrected chi connectivity index (χ2v) is 20.5. The Morgan fingerprint density at radius 2 is 0.857 bits per heavy atom. The fourth-order valence-corrected chi connectivity index (χ4v) is 9.23. The van der Waals surface area contributed by atoms with Crippen molar-refractivity contribution in [3.8, 4) is 0 Å². The smallest absolute Gasteiger partial charge is 0.407 e. The van der Waals surface area contributed by atoms with Crippen LogP contribution < -0.4 is 21.1 Å². The van der Waals surface area contributed by atoms with Crippen molar-refractivity contribution in [2.75, 3.05) is 52.4 Å². The summed E-state index contributed by atoms with van der Waals surface area (Å²) in [5.74, 6) is 0.480. The number of benzene rings is 1. The van der Waals surface area contributed by atoms with Crippen LogP contribution in [0.2, 0.25) is 27.3 Å². The molecule has 0 radical (unpaired) electrons. The second-order valence-electron chi connectivity index (χ2n) is 20.5. The predicted octanol–water partition coefficient (Wildman–Crippen LogP) is 9.96. The van der Waals surface area contributed by atoms with E-state index in [1.165, 1.54) is 109 Å². The molecule has 1 aromatic rings. The number of hydrogen-bond donors (Lipinski definition) is 8. The highest BCUT2D eigenvalue weighted by atomic mass is 16.5. The highest BCUT2D eigenvalue weighted by molar-refractivity contribution is 6.46. The summed E-state index contributed by atoms with van der Waals surface area (Å²) in [7, 11) is -2.16. The van der Waals surface area contributed by atoms with Gasteiger partial charge < -0.3 is 55.5 Å². The van der Waals surface area contributed by atoms with Crippen molar-refractivity contribution in [3.63, 3.8) is 0 Å². The van der Waals surface area contributed by atoms with Gasteiger partial charge in [-0.25, -0.2) is 4.79 Å². The molecule has 17 heteroatoms. The van der Waals surface area contributed by atoms with Gasteiger partial charge in [-0.05, 0) is 129 Å². The fourth-order valence-electron chi connectivity index (χ4n) is 9.23. The number of hydrogen-bond acceptors (Lipinski definition) is 11. The molecule has 0 aliphatic rings. The summed E-state index contributed by atoms with van der Waals surface area (Å²) in [4.78, 5) is 28.6. The van der Waals surface area contributed by atoms with Gasteiger partial charge in [0.1, 0.15) is 6.61 Å². The van der Waals surface area contributed by atoms with E-state index in [1.54, 1.807) is 13.6 Å². The first-order valence-electron chi connectivity index (χ1n) is 28.9.